The van der Waals surface area contributed by atoms with Gasteiger partial charge in [-0.15, -0.1) is 0 Å². The molecule has 4 aromatic carbocycles. The molecule has 18 heteroatoms. The Morgan fingerprint density at radius 1 is 0.919 bits per heavy atom. The van der Waals surface area contributed by atoms with Crippen LogP contribution in [0, 0.1) is 0 Å². The van der Waals surface area contributed by atoms with Crippen LogP contribution in [0.25, 0.3) is 22.5 Å². The van der Waals surface area contributed by atoms with Crippen molar-refractivity contribution in [2.45, 2.75) is 57.2 Å². The van der Waals surface area contributed by atoms with Crippen molar-refractivity contribution in [3.8, 4) is 39.7 Å². The van der Waals surface area contributed by atoms with Gasteiger partial charge in [0.2, 0.25) is 11.9 Å². The van der Waals surface area contributed by atoms with Crippen molar-refractivity contribution in [3.05, 3.63) is 107 Å². The molecule has 0 saturated heterocycles. The third-order valence-corrected chi connectivity index (χ3v) is 12.1. The van der Waals surface area contributed by atoms with Gasteiger partial charge < -0.3 is 46.1 Å². The number of methoxy groups -OCH3 is 1. The van der Waals surface area contributed by atoms with Crippen LogP contribution in [0.5, 0.6) is 17.2 Å². The second-order valence-corrected chi connectivity index (χ2v) is 17.6. The summed E-state index contributed by atoms with van der Waals surface area (Å²) >= 11 is 6.43. The van der Waals surface area contributed by atoms with Crippen LogP contribution < -0.4 is 31.3 Å². The van der Waals surface area contributed by atoms with Gasteiger partial charge in [0.05, 0.1) is 52.5 Å². The van der Waals surface area contributed by atoms with Crippen molar-refractivity contribution in [1.29, 1.82) is 0 Å². The quantitative estimate of drug-likeness (QED) is 0.0459. The fourth-order valence-corrected chi connectivity index (χ4v) is 7.75. The maximum Gasteiger partial charge on any atom is 0.274 e. The van der Waals surface area contributed by atoms with Gasteiger partial charge in [-0.1, -0.05) is 67.0 Å². The maximum absolute atomic E-state index is 13.1. The van der Waals surface area contributed by atoms with E-state index in [0.717, 1.165) is 5.56 Å². The number of benzene rings is 4. The number of rotatable bonds is 17. The molecule has 16 nitrogen and oxygen atoms in total. The number of aromatic nitrogens is 3. The summed E-state index contributed by atoms with van der Waals surface area (Å²) in [4.78, 5) is 35.0. The summed E-state index contributed by atoms with van der Waals surface area (Å²) in [5, 5.41) is 39.7. The van der Waals surface area contributed by atoms with E-state index in [1.807, 2.05) is 26.0 Å². The Balaban J connectivity index is 1.12. The summed E-state index contributed by atoms with van der Waals surface area (Å²) in [7, 11) is -2.13. The van der Waals surface area contributed by atoms with Crippen LogP contribution in [0.4, 0.5) is 28.8 Å². The third-order valence-electron chi connectivity index (χ3n) is 9.65. The molecule has 0 radical (unpaired) electrons. The Morgan fingerprint density at radius 2 is 1.66 bits per heavy atom. The van der Waals surface area contributed by atoms with Crippen LogP contribution in [0.3, 0.4) is 0 Å². The van der Waals surface area contributed by atoms with Crippen LogP contribution in [0.1, 0.15) is 62.2 Å². The molecule has 0 spiro atoms. The number of nitrogens with zero attached hydrogens (tertiary/aromatic N) is 3. The van der Waals surface area contributed by atoms with E-state index in [1.165, 1.54) is 25.4 Å². The first-order chi connectivity index (χ1) is 29.6. The van der Waals surface area contributed by atoms with Gasteiger partial charge in [0.15, 0.2) is 27.1 Å². The minimum atomic E-state index is -3.62. The average molecular weight is 883 g/mol. The monoisotopic (exact) mass is 882 g/mol. The van der Waals surface area contributed by atoms with Gasteiger partial charge in [-0.3, -0.25) is 9.59 Å². The number of anilines is 5. The number of amides is 2. The number of carbonyl (C=O) groups is 2. The molecule has 0 fully saturated rings. The maximum atomic E-state index is 13.1. The van der Waals surface area contributed by atoms with E-state index in [0.29, 0.717) is 52.6 Å². The fourth-order valence-electron chi connectivity index (χ4n) is 6.41. The highest BCUT2D eigenvalue weighted by Gasteiger charge is 2.27. The van der Waals surface area contributed by atoms with Gasteiger partial charge in [-0.05, 0) is 79.8 Å². The molecule has 324 valence electrons. The van der Waals surface area contributed by atoms with Crippen molar-refractivity contribution in [2.75, 3.05) is 36.1 Å². The summed E-state index contributed by atoms with van der Waals surface area (Å²) in [6.45, 7) is 9.47. The number of phenols is 2. The first-order valence-corrected chi connectivity index (χ1v) is 21.5. The van der Waals surface area contributed by atoms with Crippen molar-refractivity contribution in [1.82, 2.24) is 25.8 Å². The third kappa shape index (κ3) is 10.1. The summed E-state index contributed by atoms with van der Waals surface area (Å²) in [6.07, 6.45) is 1.37. The number of sulfone groups is 1. The normalized spacial score (nSPS) is 11.4. The molecule has 0 aliphatic heterocycles. The van der Waals surface area contributed by atoms with Crippen LogP contribution in [0.2, 0.25) is 5.02 Å². The molecule has 0 aliphatic carbocycles. The first-order valence-electron chi connectivity index (χ1n) is 19.6. The number of ether oxygens (including phenoxy) is 1. The molecule has 6 aromatic rings. The summed E-state index contributed by atoms with van der Waals surface area (Å²) in [5.74, 6) is -0.224. The van der Waals surface area contributed by atoms with Crippen LogP contribution in [-0.4, -0.2) is 71.0 Å². The lowest BCUT2D eigenvalue weighted by atomic mass is 9.94. The number of halogens is 1. The second kappa shape index (κ2) is 19.4. The number of hydrogen-bond acceptors (Lipinski definition) is 14. The molecule has 0 unspecified atom stereocenters. The lowest BCUT2D eigenvalue weighted by Crippen LogP contribution is -2.27. The number of aromatic hydroxyl groups is 2. The standard InChI is InChI=1S/C44H47ClN8O8S/c1-7-47-43(57)40-39(41(61-53-40)30-19-29(24(2)3)34(54)20-35(30)55)27-14-12-26(13-15-27)21-46-23-38(56)49-28-16-17-36(60-6)33(18-28)51-44-48-22-31(45)42(52-44)50-32-10-8-9-11-37(32)62(58,59)25(4)5/h8-20,22,24-25,46,54-55H,7,21,23H2,1-6H3,(H,47,57)(H,49,56)(H2,48,50,51,52). The molecule has 6 rings (SSSR count). The molecular formula is C44H47ClN8O8S. The Labute approximate surface area is 364 Å². The van der Waals surface area contributed by atoms with Gasteiger partial charge in [-0.2, -0.15) is 4.98 Å². The Bertz CT molecular complexity index is 2710. The molecule has 7 N–H and O–H groups in total. The van der Waals surface area contributed by atoms with Crippen molar-refractivity contribution in [3.63, 3.8) is 0 Å². The molecule has 2 amide bonds. The molecule has 2 heterocycles. The molecule has 62 heavy (non-hydrogen) atoms. The van der Waals surface area contributed by atoms with E-state index in [9.17, 15) is 28.2 Å². The smallest absolute Gasteiger partial charge is 0.274 e. The highest BCUT2D eigenvalue weighted by molar-refractivity contribution is 7.92. The zero-order valence-electron chi connectivity index (χ0n) is 34.8. The fraction of sp³-hybridized carbons (Fsp3) is 0.250. The van der Waals surface area contributed by atoms with E-state index >= 15 is 0 Å². The molecule has 2 aromatic heterocycles. The molecule has 0 aliphatic rings. The van der Waals surface area contributed by atoms with E-state index in [1.54, 1.807) is 75.4 Å². The molecule has 0 saturated carbocycles. The van der Waals surface area contributed by atoms with Gasteiger partial charge in [0.1, 0.15) is 22.3 Å². The van der Waals surface area contributed by atoms with E-state index in [-0.39, 0.29) is 68.6 Å². The molecular weight excluding hydrogens is 836 g/mol. The summed E-state index contributed by atoms with van der Waals surface area (Å²) in [5.41, 5.74) is 3.92. The zero-order chi connectivity index (χ0) is 44.7. The second-order valence-electron chi connectivity index (χ2n) is 14.7. The summed E-state index contributed by atoms with van der Waals surface area (Å²) < 4.78 is 37.2. The Hall–Kier alpha value is -6.69. The van der Waals surface area contributed by atoms with Crippen LogP contribution >= 0.6 is 11.6 Å². The molecule has 0 atom stereocenters. The van der Waals surface area contributed by atoms with Crippen molar-refractivity contribution >= 4 is 62.1 Å². The number of nitrogens with one attached hydrogen (secondary N) is 5. The Kier molecular flexibility index (Phi) is 14.0. The van der Waals surface area contributed by atoms with Crippen LogP contribution in [-0.2, 0) is 21.2 Å². The largest absolute Gasteiger partial charge is 0.508 e. The average Bonchev–Trinajstić information content (AvgIpc) is 3.67. The van der Waals surface area contributed by atoms with E-state index in [4.69, 9.17) is 20.9 Å². The predicted octanol–water partition coefficient (Wildman–Crippen LogP) is 8.14. The number of carbonyl (C=O) groups excluding carboxylic acids is 2. The van der Waals surface area contributed by atoms with E-state index in [2.05, 4.69) is 41.7 Å². The SMILES string of the molecule is CCNC(=O)c1noc(-c2cc(C(C)C)c(O)cc2O)c1-c1ccc(CNCC(=O)Nc2ccc(OC)c(Nc3ncc(Cl)c(Nc4ccccc4S(=O)(=O)C(C)C)n3)c2)cc1. The Morgan fingerprint density at radius 3 is 2.35 bits per heavy atom. The summed E-state index contributed by atoms with van der Waals surface area (Å²) in [6, 6.07) is 21.6. The predicted molar refractivity (Wildman–Crippen MR) is 239 cm³/mol. The minimum Gasteiger partial charge on any atom is -0.508 e. The number of phenolic OH excluding ortho intramolecular Hbond substituents is 2. The van der Waals surface area contributed by atoms with Gasteiger partial charge in [0, 0.05) is 24.8 Å². The minimum absolute atomic E-state index is 0.0324. The lowest BCUT2D eigenvalue weighted by molar-refractivity contribution is -0.115. The topological polar surface area (TPSA) is 230 Å². The highest BCUT2D eigenvalue weighted by Crippen LogP contribution is 2.43. The van der Waals surface area contributed by atoms with Gasteiger partial charge in [-0.25, -0.2) is 13.4 Å². The lowest BCUT2D eigenvalue weighted by Gasteiger charge is -2.16. The first kappa shape index (κ1) is 44.9. The number of para-hydroxylation sites is 1. The van der Waals surface area contributed by atoms with Crippen molar-refractivity contribution < 1.29 is 37.5 Å². The van der Waals surface area contributed by atoms with Gasteiger partial charge in [0.25, 0.3) is 5.91 Å². The zero-order valence-corrected chi connectivity index (χ0v) is 36.4. The van der Waals surface area contributed by atoms with Crippen molar-refractivity contribution in [2.24, 2.45) is 0 Å². The van der Waals surface area contributed by atoms with E-state index < -0.39 is 21.0 Å². The van der Waals surface area contributed by atoms with Gasteiger partial charge >= 0.3 is 0 Å². The molecule has 0 bridgehead atoms. The highest BCUT2D eigenvalue weighted by atomic mass is 35.5. The number of hydrogen-bond donors (Lipinski definition) is 7. The van der Waals surface area contributed by atoms with Crippen LogP contribution in [0.15, 0.2) is 94.5 Å².